The maximum Gasteiger partial charge on any atom is 0.320 e. The van der Waals surface area contributed by atoms with E-state index in [9.17, 15) is 4.79 Å². The molecule has 112 valence electrons. The summed E-state index contributed by atoms with van der Waals surface area (Å²) in [5, 5.41) is 8.95. The summed E-state index contributed by atoms with van der Waals surface area (Å²) in [5.41, 5.74) is 7.37. The van der Waals surface area contributed by atoms with E-state index in [0.29, 0.717) is 16.6 Å². The van der Waals surface area contributed by atoms with Crippen LogP contribution in [0, 0.1) is 0 Å². The first-order valence-corrected chi connectivity index (χ1v) is 6.82. The molecule has 0 bridgehead atoms. The van der Waals surface area contributed by atoms with Gasteiger partial charge in [-0.25, -0.2) is 9.97 Å². The Hall–Kier alpha value is -1.93. The molecule has 21 heavy (non-hydrogen) atoms. The second-order valence-electron chi connectivity index (χ2n) is 4.32. The lowest BCUT2D eigenvalue weighted by molar-refractivity contribution is -0.138. The Bertz CT molecular complexity index is 693. The molecule has 0 amide bonds. The van der Waals surface area contributed by atoms with Gasteiger partial charge in [-0.1, -0.05) is 15.9 Å². The summed E-state index contributed by atoms with van der Waals surface area (Å²) in [6.07, 6.45) is 0.134. The van der Waals surface area contributed by atoms with Crippen LogP contribution in [0.3, 0.4) is 0 Å². The molecule has 8 heteroatoms. The quantitative estimate of drug-likeness (QED) is 0.833. The van der Waals surface area contributed by atoms with Gasteiger partial charge in [0.15, 0.2) is 0 Å². The van der Waals surface area contributed by atoms with E-state index < -0.39 is 12.0 Å². The summed E-state index contributed by atoms with van der Waals surface area (Å²) in [6.45, 7) is 0. The van der Waals surface area contributed by atoms with Crippen LogP contribution in [-0.2, 0) is 11.2 Å². The van der Waals surface area contributed by atoms with E-state index in [1.165, 1.54) is 14.2 Å². The molecule has 2 rings (SSSR count). The predicted molar refractivity (Wildman–Crippen MR) is 79.7 cm³/mol. The lowest BCUT2D eigenvalue weighted by atomic mass is 10.0. The van der Waals surface area contributed by atoms with Crippen molar-refractivity contribution in [3.05, 3.63) is 22.2 Å². The fourth-order valence-corrected chi connectivity index (χ4v) is 2.40. The van der Waals surface area contributed by atoms with Crippen LogP contribution in [0.1, 0.15) is 5.56 Å². The molecule has 0 aliphatic carbocycles. The topological polar surface area (TPSA) is 108 Å². The average Bonchev–Trinajstić information content (AvgIpc) is 2.45. The van der Waals surface area contributed by atoms with Gasteiger partial charge in [0.1, 0.15) is 6.04 Å². The fourth-order valence-electron chi connectivity index (χ4n) is 1.91. The number of aliphatic carboxylic acids is 1. The Labute approximate surface area is 129 Å². The van der Waals surface area contributed by atoms with Crippen molar-refractivity contribution >= 4 is 32.9 Å². The zero-order chi connectivity index (χ0) is 15.6. The van der Waals surface area contributed by atoms with E-state index in [4.69, 9.17) is 20.3 Å². The van der Waals surface area contributed by atoms with Gasteiger partial charge in [0.2, 0.25) is 0 Å². The number of nitrogens with two attached hydrogens (primary N) is 1. The molecule has 0 aliphatic rings. The van der Waals surface area contributed by atoms with Gasteiger partial charge < -0.3 is 20.3 Å². The Kier molecular flexibility index (Phi) is 4.59. The molecule has 1 unspecified atom stereocenters. The van der Waals surface area contributed by atoms with E-state index in [1.807, 2.05) is 0 Å². The van der Waals surface area contributed by atoms with Crippen molar-refractivity contribution in [2.24, 2.45) is 5.73 Å². The Morgan fingerprint density at radius 3 is 2.52 bits per heavy atom. The van der Waals surface area contributed by atoms with Crippen LogP contribution in [-0.4, -0.2) is 41.3 Å². The number of rotatable bonds is 5. The molecule has 0 spiro atoms. The van der Waals surface area contributed by atoms with Gasteiger partial charge in [-0.15, -0.1) is 0 Å². The predicted octanol–water partition coefficient (Wildman–Crippen LogP) is 1.36. The number of carbonyl (C=O) groups is 1. The normalized spacial score (nSPS) is 12.2. The monoisotopic (exact) mass is 355 g/mol. The molecule has 2 aromatic rings. The Morgan fingerprint density at radius 1 is 1.33 bits per heavy atom. The molecule has 1 atom stereocenters. The van der Waals surface area contributed by atoms with Gasteiger partial charge >= 0.3 is 5.97 Å². The molecule has 1 heterocycles. The first kappa shape index (κ1) is 15.5. The van der Waals surface area contributed by atoms with E-state index >= 15 is 0 Å². The van der Waals surface area contributed by atoms with Crippen LogP contribution in [0.4, 0.5) is 0 Å². The third kappa shape index (κ3) is 3.22. The summed E-state index contributed by atoms with van der Waals surface area (Å²) < 4.78 is 11.0. The van der Waals surface area contributed by atoms with Crippen molar-refractivity contribution in [2.75, 3.05) is 14.2 Å². The molecule has 1 aromatic heterocycles. The van der Waals surface area contributed by atoms with Gasteiger partial charge in [0.05, 0.1) is 25.3 Å². The van der Waals surface area contributed by atoms with E-state index in [2.05, 4.69) is 25.9 Å². The van der Waals surface area contributed by atoms with Crippen molar-refractivity contribution in [3.63, 3.8) is 0 Å². The van der Waals surface area contributed by atoms with Crippen LogP contribution >= 0.6 is 15.9 Å². The SMILES string of the molecule is COc1nc2cc(Br)cc(CC(N)C(=O)O)c2nc1OC. The highest BCUT2D eigenvalue weighted by Gasteiger charge is 2.18. The van der Waals surface area contributed by atoms with Gasteiger partial charge in [0.25, 0.3) is 11.8 Å². The van der Waals surface area contributed by atoms with Crippen molar-refractivity contribution in [1.29, 1.82) is 0 Å². The maximum absolute atomic E-state index is 10.9. The minimum atomic E-state index is -1.07. The number of fused-ring (bicyclic) bond motifs is 1. The van der Waals surface area contributed by atoms with Gasteiger partial charge in [-0.05, 0) is 17.7 Å². The summed E-state index contributed by atoms with van der Waals surface area (Å²) in [4.78, 5) is 19.6. The highest BCUT2D eigenvalue weighted by Crippen LogP contribution is 2.29. The number of hydrogen-bond donors (Lipinski definition) is 2. The molecule has 7 nitrogen and oxygen atoms in total. The summed E-state index contributed by atoms with van der Waals surface area (Å²) in [5.74, 6) is -0.578. The summed E-state index contributed by atoms with van der Waals surface area (Å²) >= 11 is 3.36. The zero-order valence-electron chi connectivity index (χ0n) is 11.5. The number of halogens is 1. The third-order valence-electron chi connectivity index (χ3n) is 2.90. The first-order valence-electron chi connectivity index (χ1n) is 6.02. The van der Waals surface area contributed by atoms with E-state index in [-0.39, 0.29) is 18.2 Å². The number of aromatic nitrogens is 2. The standard InChI is InChI=1S/C13H14BrN3O4/c1-20-11-12(21-2)17-10-6(4-8(15)13(18)19)3-7(14)5-9(10)16-11/h3,5,8H,4,15H2,1-2H3,(H,18,19). The highest BCUT2D eigenvalue weighted by molar-refractivity contribution is 9.10. The second-order valence-corrected chi connectivity index (χ2v) is 5.24. The number of hydrogen-bond acceptors (Lipinski definition) is 6. The summed E-state index contributed by atoms with van der Waals surface area (Å²) in [6, 6.07) is 2.52. The molecule has 0 saturated heterocycles. The molecular weight excluding hydrogens is 342 g/mol. The first-order chi connectivity index (χ1) is 9.96. The molecule has 1 aromatic carbocycles. The average molecular weight is 356 g/mol. The van der Waals surface area contributed by atoms with Crippen LogP contribution in [0.15, 0.2) is 16.6 Å². The molecule has 0 aliphatic heterocycles. The minimum Gasteiger partial charge on any atom is -0.480 e. The maximum atomic E-state index is 10.9. The van der Waals surface area contributed by atoms with Crippen LogP contribution < -0.4 is 15.2 Å². The largest absolute Gasteiger partial charge is 0.480 e. The molecular formula is C13H14BrN3O4. The minimum absolute atomic E-state index is 0.134. The molecule has 0 radical (unpaired) electrons. The van der Waals surface area contributed by atoms with Crippen molar-refractivity contribution in [3.8, 4) is 11.8 Å². The van der Waals surface area contributed by atoms with E-state index in [0.717, 1.165) is 4.47 Å². The number of carboxylic acid groups (broad SMARTS) is 1. The lowest BCUT2D eigenvalue weighted by Gasteiger charge is -2.12. The zero-order valence-corrected chi connectivity index (χ0v) is 13.0. The van der Waals surface area contributed by atoms with Gasteiger partial charge in [-0.3, -0.25) is 4.79 Å². The third-order valence-corrected chi connectivity index (χ3v) is 3.35. The number of methoxy groups -OCH3 is 2. The van der Waals surface area contributed by atoms with Gasteiger partial charge in [-0.2, -0.15) is 0 Å². The molecule has 0 saturated carbocycles. The Balaban J connectivity index is 2.61. The van der Waals surface area contributed by atoms with Crippen LogP contribution in [0.25, 0.3) is 11.0 Å². The van der Waals surface area contributed by atoms with Crippen molar-refractivity contribution in [1.82, 2.24) is 9.97 Å². The fraction of sp³-hybridized carbons (Fsp3) is 0.308. The number of carboxylic acids is 1. The van der Waals surface area contributed by atoms with Crippen LogP contribution in [0.2, 0.25) is 0 Å². The Morgan fingerprint density at radius 2 is 1.95 bits per heavy atom. The van der Waals surface area contributed by atoms with Crippen molar-refractivity contribution in [2.45, 2.75) is 12.5 Å². The van der Waals surface area contributed by atoms with Crippen LogP contribution in [0.5, 0.6) is 11.8 Å². The number of nitrogens with zero attached hydrogens (tertiary/aromatic N) is 2. The number of benzene rings is 1. The summed E-state index contributed by atoms with van der Waals surface area (Å²) in [7, 11) is 2.93. The van der Waals surface area contributed by atoms with Crippen molar-refractivity contribution < 1.29 is 19.4 Å². The second kappa shape index (κ2) is 6.23. The van der Waals surface area contributed by atoms with Gasteiger partial charge in [0, 0.05) is 10.9 Å². The smallest absolute Gasteiger partial charge is 0.320 e. The highest BCUT2D eigenvalue weighted by atomic mass is 79.9. The number of ether oxygens (including phenoxy) is 2. The lowest BCUT2D eigenvalue weighted by Crippen LogP contribution is -2.32. The molecule has 0 fully saturated rings. The van der Waals surface area contributed by atoms with E-state index in [1.54, 1.807) is 12.1 Å². The molecule has 3 N–H and O–H groups in total.